The number of carbonyl (C=O) groups is 1. The van der Waals surface area contributed by atoms with Crippen LogP contribution in [0.1, 0.15) is 26.2 Å². The summed E-state index contributed by atoms with van der Waals surface area (Å²) in [5.41, 5.74) is 0. The Kier molecular flexibility index (Phi) is 7.23. The van der Waals surface area contributed by atoms with Crippen LogP contribution in [0.3, 0.4) is 0 Å². The summed E-state index contributed by atoms with van der Waals surface area (Å²) in [7, 11) is 3.45. The number of methoxy groups -OCH3 is 1. The maximum absolute atomic E-state index is 11.6. The summed E-state index contributed by atoms with van der Waals surface area (Å²) >= 11 is 0. The van der Waals surface area contributed by atoms with Gasteiger partial charge in [0.25, 0.3) is 0 Å². The topological polar surface area (TPSA) is 50.8 Å². The van der Waals surface area contributed by atoms with Crippen molar-refractivity contribution >= 4 is 5.97 Å². The Balaban J connectivity index is 2.34. The zero-order chi connectivity index (χ0) is 13.4. The molecule has 0 aliphatic carbocycles. The number of esters is 1. The molecule has 1 fully saturated rings. The zero-order valence-corrected chi connectivity index (χ0v) is 11.8. The quantitative estimate of drug-likeness (QED) is 0.679. The fourth-order valence-electron chi connectivity index (χ4n) is 2.30. The van der Waals surface area contributed by atoms with E-state index in [1.54, 1.807) is 0 Å². The molecule has 2 atom stereocenters. The smallest absolute Gasteiger partial charge is 0.324 e. The van der Waals surface area contributed by atoms with Crippen molar-refractivity contribution in [1.82, 2.24) is 10.2 Å². The van der Waals surface area contributed by atoms with Gasteiger partial charge >= 0.3 is 5.97 Å². The van der Waals surface area contributed by atoms with Crippen LogP contribution in [-0.2, 0) is 14.3 Å². The highest BCUT2D eigenvalue weighted by atomic mass is 16.5. The summed E-state index contributed by atoms with van der Waals surface area (Å²) in [6.45, 7) is 5.14. The van der Waals surface area contributed by atoms with Crippen LogP contribution in [0, 0.1) is 0 Å². The summed E-state index contributed by atoms with van der Waals surface area (Å²) in [6, 6.07) is -0.256. The molecule has 1 saturated heterocycles. The third kappa shape index (κ3) is 5.33. The molecule has 5 heteroatoms. The van der Waals surface area contributed by atoms with Crippen LogP contribution in [0.4, 0.5) is 0 Å². The van der Waals surface area contributed by atoms with Crippen molar-refractivity contribution in [3.8, 4) is 0 Å². The minimum absolute atomic E-state index is 0.201. The molecule has 18 heavy (non-hydrogen) atoms. The lowest BCUT2D eigenvalue weighted by molar-refractivity contribution is -0.143. The van der Waals surface area contributed by atoms with E-state index < -0.39 is 0 Å². The van der Waals surface area contributed by atoms with Crippen LogP contribution in [0.2, 0.25) is 0 Å². The van der Waals surface area contributed by atoms with Crippen molar-refractivity contribution in [3.63, 3.8) is 0 Å². The van der Waals surface area contributed by atoms with Gasteiger partial charge in [0.2, 0.25) is 0 Å². The van der Waals surface area contributed by atoms with Crippen molar-refractivity contribution in [2.75, 3.05) is 40.4 Å². The monoisotopic (exact) mass is 258 g/mol. The van der Waals surface area contributed by atoms with Gasteiger partial charge in [0.15, 0.2) is 0 Å². The number of rotatable bonds is 7. The molecule has 2 unspecified atom stereocenters. The molecule has 1 heterocycles. The molecule has 0 bridgehead atoms. The number of hydrogen-bond donors (Lipinski definition) is 1. The lowest BCUT2D eigenvalue weighted by Gasteiger charge is -2.29. The van der Waals surface area contributed by atoms with Gasteiger partial charge in [-0.25, -0.2) is 0 Å². The predicted octanol–water partition coefficient (Wildman–Crippen LogP) is 0.638. The van der Waals surface area contributed by atoms with E-state index in [1.165, 1.54) is 20.0 Å². The van der Waals surface area contributed by atoms with Crippen LogP contribution in [-0.4, -0.2) is 63.4 Å². The minimum atomic E-state index is -0.256. The maximum Gasteiger partial charge on any atom is 0.324 e. The van der Waals surface area contributed by atoms with E-state index in [1.807, 2.05) is 14.0 Å². The average Bonchev–Trinajstić information content (AvgIpc) is 2.38. The highest BCUT2D eigenvalue weighted by Gasteiger charge is 2.22. The highest BCUT2D eigenvalue weighted by Crippen LogP contribution is 2.13. The summed E-state index contributed by atoms with van der Waals surface area (Å²) < 4.78 is 10.5. The number of nitrogens with zero attached hydrogens (tertiary/aromatic N) is 1. The summed E-state index contributed by atoms with van der Waals surface area (Å²) in [6.07, 6.45) is 3.84. The van der Waals surface area contributed by atoms with Crippen molar-refractivity contribution < 1.29 is 14.3 Å². The first-order valence-corrected chi connectivity index (χ1v) is 6.78. The highest BCUT2D eigenvalue weighted by molar-refractivity contribution is 5.75. The molecule has 5 nitrogen and oxygen atoms in total. The molecule has 106 valence electrons. The van der Waals surface area contributed by atoms with E-state index in [-0.39, 0.29) is 12.0 Å². The third-order valence-electron chi connectivity index (χ3n) is 3.22. The Morgan fingerprint density at radius 3 is 2.89 bits per heavy atom. The molecule has 0 aromatic rings. The van der Waals surface area contributed by atoms with Gasteiger partial charge in [-0.15, -0.1) is 0 Å². The van der Waals surface area contributed by atoms with Gasteiger partial charge in [-0.1, -0.05) is 6.92 Å². The van der Waals surface area contributed by atoms with Gasteiger partial charge in [-0.3, -0.25) is 4.79 Å². The number of carbonyl (C=O) groups excluding carboxylic acids is 1. The first-order chi connectivity index (χ1) is 8.67. The largest absolute Gasteiger partial charge is 0.468 e. The molecule has 1 N–H and O–H groups in total. The summed E-state index contributed by atoms with van der Waals surface area (Å²) in [5.74, 6) is -0.201. The van der Waals surface area contributed by atoms with Crippen LogP contribution < -0.4 is 5.32 Å². The van der Waals surface area contributed by atoms with Crippen molar-refractivity contribution in [2.45, 2.75) is 38.3 Å². The average molecular weight is 258 g/mol. The minimum Gasteiger partial charge on any atom is -0.468 e. The van der Waals surface area contributed by atoms with E-state index >= 15 is 0 Å². The Labute approximate surface area is 110 Å². The number of likely N-dealkylation sites (N-methyl/N-ethyl adjacent to an activating group) is 2. The summed E-state index contributed by atoms with van der Waals surface area (Å²) in [4.78, 5) is 13.7. The molecule has 0 spiro atoms. The van der Waals surface area contributed by atoms with Crippen molar-refractivity contribution in [2.24, 2.45) is 0 Å². The molecule has 0 radical (unpaired) electrons. The summed E-state index contributed by atoms with van der Waals surface area (Å²) in [5, 5.41) is 3.14. The molecule has 1 rings (SSSR count). The molecule has 0 aromatic heterocycles. The SMILES string of the molecule is CCNC(CN(C)CC1CCCCO1)C(=O)OC. The van der Waals surface area contributed by atoms with Gasteiger partial charge in [-0.05, 0) is 32.9 Å². The number of nitrogens with one attached hydrogen (secondary N) is 1. The second kappa shape index (κ2) is 8.45. The maximum atomic E-state index is 11.6. The van der Waals surface area contributed by atoms with E-state index in [9.17, 15) is 4.79 Å². The van der Waals surface area contributed by atoms with Crippen LogP contribution >= 0.6 is 0 Å². The van der Waals surface area contributed by atoms with E-state index in [2.05, 4.69) is 10.2 Å². The van der Waals surface area contributed by atoms with Crippen LogP contribution in [0.25, 0.3) is 0 Å². The van der Waals surface area contributed by atoms with E-state index in [4.69, 9.17) is 9.47 Å². The molecule has 1 aliphatic heterocycles. The van der Waals surface area contributed by atoms with E-state index in [0.717, 1.165) is 26.1 Å². The molecule has 1 aliphatic rings. The Morgan fingerprint density at radius 1 is 1.56 bits per heavy atom. The van der Waals surface area contributed by atoms with Gasteiger partial charge in [0, 0.05) is 19.7 Å². The van der Waals surface area contributed by atoms with Gasteiger partial charge in [0.05, 0.1) is 13.2 Å². The van der Waals surface area contributed by atoms with Crippen molar-refractivity contribution in [1.29, 1.82) is 0 Å². The molecular formula is C13H26N2O3. The zero-order valence-electron chi connectivity index (χ0n) is 11.8. The van der Waals surface area contributed by atoms with Gasteiger partial charge in [0.1, 0.15) is 6.04 Å². The predicted molar refractivity (Wildman–Crippen MR) is 70.6 cm³/mol. The molecule has 0 saturated carbocycles. The second-order valence-corrected chi connectivity index (χ2v) is 4.84. The second-order valence-electron chi connectivity index (χ2n) is 4.84. The third-order valence-corrected chi connectivity index (χ3v) is 3.22. The molecule has 0 aromatic carbocycles. The lowest BCUT2D eigenvalue weighted by atomic mass is 10.1. The Hall–Kier alpha value is -0.650. The van der Waals surface area contributed by atoms with Crippen LogP contribution in [0.15, 0.2) is 0 Å². The Bertz CT molecular complexity index is 242. The number of hydrogen-bond acceptors (Lipinski definition) is 5. The Morgan fingerprint density at radius 2 is 2.33 bits per heavy atom. The molecule has 0 amide bonds. The van der Waals surface area contributed by atoms with Gasteiger partial charge < -0.3 is 19.7 Å². The fraction of sp³-hybridized carbons (Fsp3) is 0.923. The van der Waals surface area contributed by atoms with Crippen molar-refractivity contribution in [3.05, 3.63) is 0 Å². The fourth-order valence-corrected chi connectivity index (χ4v) is 2.30. The van der Waals surface area contributed by atoms with Crippen LogP contribution in [0.5, 0.6) is 0 Å². The first-order valence-electron chi connectivity index (χ1n) is 6.78. The lowest BCUT2D eigenvalue weighted by Crippen LogP contribution is -2.47. The molecular weight excluding hydrogens is 232 g/mol. The standard InChI is InChI=1S/C13H26N2O3/c1-4-14-12(13(16)17-3)10-15(2)9-11-7-5-6-8-18-11/h11-12,14H,4-10H2,1-3H3. The van der Waals surface area contributed by atoms with E-state index in [0.29, 0.717) is 12.6 Å². The normalized spacial score (nSPS) is 21.9. The number of ether oxygens (including phenoxy) is 2. The first kappa shape index (κ1) is 15.4. The van der Waals surface area contributed by atoms with Gasteiger partial charge in [-0.2, -0.15) is 0 Å².